The molecule has 0 spiro atoms. The summed E-state index contributed by atoms with van der Waals surface area (Å²) in [6, 6.07) is 3.21. The number of carbonyl (C=O) groups is 1. The number of aliphatic imine (C=N–C) groups is 1. The van der Waals surface area contributed by atoms with Gasteiger partial charge in [0, 0.05) is 6.54 Å². The molecule has 2 aromatic heterocycles. The molecule has 0 aliphatic carbocycles. The summed E-state index contributed by atoms with van der Waals surface area (Å²) in [5.74, 6) is 2.08. The first-order valence-corrected chi connectivity index (χ1v) is 7.33. The van der Waals surface area contributed by atoms with Gasteiger partial charge >= 0.3 is 0 Å². The quantitative estimate of drug-likeness (QED) is 0.544. The third kappa shape index (κ3) is 4.60. The number of nitrogens with one attached hydrogen (secondary N) is 2. The third-order valence-electron chi connectivity index (χ3n) is 3.12. The van der Waals surface area contributed by atoms with Crippen LogP contribution in [-0.2, 0) is 13.1 Å². The van der Waals surface area contributed by atoms with Gasteiger partial charge in [-0.05, 0) is 32.9 Å². The van der Waals surface area contributed by atoms with Gasteiger partial charge in [0.25, 0.3) is 5.91 Å². The molecule has 1 amide bonds. The largest absolute Gasteiger partial charge is 0.454 e. The van der Waals surface area contributed by atoms with Crippen LogP contribution >= 0.6 is 0 Å². The Morgan fingerprint density at radius 1 is 1.30 bits per heavy atom. The summed E-state index contributed by atoms with van der Waals surface area (Å²) in [5.41, 5.74) is 6.02. The summed E-state index contributed by atoms with van der Waals surface area (Å²) in [6.45, 7) is 7.15. The molecule has 0 aliphatic rings. The van der Waals surface area contributed by atoms with E-state index >= 15 is 0 Å². The Balaban J connectivity index is 1.97. The molecular weight excluding hydrogens is 298 g/mol. The molecule has 23 heavy (non-hydrogen) atoms. The average Bonchev–Trinajstić information content (AvgIpc) is 3.10. The van der Waals surface area contributed by atoms with Crippen molar-refractivity contribution in [3.8, 4) is 0 Å². The van der Waals surface area contributed by atoms with Crippen LogP contribution < -0.4 is 16.4 Å². The van der Waals surface area contributed by atoms with Gasteiger partial charge in [-0.25, -0.2) is 9.98 Å². The molecule has 0 bridgehead atoms. The Morgan fingerprint density at radius 2 is 2.09 bits per heavy atom. The molecule has 4 N–H and O–H groups in total. The van der Waals surface area contributed by atoms with Crippen molar-refractivity contribution in [3.05, 3.63) is 41.0 Å². The van der Waals surface area contributed by atoms with E-state index in [9.17, 15) is 4.79 Å². The van der Waals surface area contributed by atoms with E-state index in [-0.39, 0.29) is 12.3 Å². The number of furan rings is 1. The minimum absolute atomic E-state index is 0.124. The molecule has 0 atom stereocenters. The molecule has 2 aromatic rings. The SMILES string of the molecule is CCNC(=NCc1ccc(C(N)=O)o1)NCc1nc(C)c(C)o1. The third-order valence-corrected chi connectivity index (χ3v) is 3.12. The monoisotopic (exact) mass is 319 g/mol. The number of hydrogen-bond donors (Lipinski definition) is 3. The van der Waals surface area contributed by atoms with Crippen LogP contribution in [0.5, 0.6) is 0 Å². The van der Waals surface area contributed by atoms with Gasteiger partial charge in [0.1, 0.15) is 18.1 Å². The van der Waals surface area contributed by atoms with Gasteiger partial charge in [0.15, 0.2) is 11.7 Å². The van der Waals surface area contributed by atoms with Gasteiger partial charge in [-0.15, -0.1) is 0 Å². The number of primary amides is 1. The van der Waals surface area contributed by atoms with Crippen molar-refractivity contribution in [1.82, 2.24) is 15.6 Å². The lowest BCUT2D eigenvalue weighted by Crippen LogP contribution is -2.36. The average molecular weight is 319 g/mol. The Labute approximate surface area is 134 Å². The maximum Gasteiger partial charge on any atom is 0.284 e. The lowest BCUT2D eigenvalue weighted by Gasteiger charge is -2.09. The van der Waals surface area contributed by atoms with Crippen molar-refractivity contribution in [1.29, 1.82) is 0 Å². The highest BCUT2D eigenvalue weighted by molar-refractivity contribution is 5.89. The van der Waals surface area contributed by atoms with Gasteiger partial charge in [-0.2, -0.15) is 0 Å². The molecule has 0 unspecified atom stereocenters. The second-order valence-electron chi connectivity index (χ2n) is 4.93. The highest BCUT2D eigenvalue weighted by atomic mass is 16.4. The molecule has 0 radical (unpaired) electrons. The summed E-state index contributed by atoms with van der Waals surface area (Å²) >= 11 is 0. The standard InChI is InChI=1S/C15H21N5O3/c1-4-17-15(19-8-13-20-9(2)10(3)22-13)18-7-11-5-6-12(23-11)14(16)21/h5-6H,4,7-8H2,1-3H3,(H2,16,21)(H2,17,18,19). The zero-order valence-electron chi connectivity index (χ0n) is 13.5. The second kappa shape index (κ2) is 7.48. The Bertz CT molecular complexity index is 682. The summed E-state index contributed by atoms with van der Waals surface area (Å²) in [6.07, 6.45) is 0. The zero-order chi connectivity index (χ0) is 16.8. The number of amides is 1. The maximum atomic E-state index is 11.0. The summed E-state index contributed by atoms with van der Waals surface area (Å²) in [5, 5.41) is 6.24. The number of carbonyl (C=O) groups excluding carboxylic acids is 1. The van der Waals surface area contributed by atoms with Crippen LogP contribution in [0.4, 0.5) is 0 Å². The molecule has 0 aliphatic heterocycles. The number of aromatic nitrogens is 1. The van der Waals surface area contributed by atoms with Crippen molar-refractivity contribution in [2.75, 3.05) is 6.54 Å². The van der Waals surface area contributed by atoms with Crippen LogP contribution in [0.15, 0.2) is 26.0 Å². The molecule has 2 rings (SSSR count). The van der Waals surface area contributed by atoms with Crippen molar-refractivity contribution in [2.45, 2.75) is 33.9 Å². The number of guanidine groups is 1. The zero-order valence-corrected chi connectivity index (χ0v) is 13.5. The molecule has 0 saturated heterocycles. The molecule has 2 heterocycles. The minimum Gasteiger partial charge on any atom is -0.454 e. The molecule has 0 saturated carbocycles. The van der Waals surface area contributed by atoms with E-state index in [1.165, 1.54) is 6.07 Å². The molecular formula is C15H21N5O3. The molecule has 8 heteroatoms. The van der Waals surface area contributed by atoms with E-state index in [1.54, 1.807) is 6.07 Å². The second-order valence-corrected chi connectivity index (χ2v) is 4.93. The Kier molecular flexibility index (Phi) is 5.40. The maximum absolute atomic E-state index is 11.0. The highest BCUT2D eigenvalue weighted by Gasteiger charge is 2.08. The Morgan fingerprint density at radius 3 is 2.65 bits per heavy atom. The first-order chi connectivity index (χ1) is 11.0. The van der Waals surface area contributed by atoms with E-state index in [0.29, 0.717) is 30.7 Å². The highest BCUT2D eigenvalue weighted by Crippen LogP contribution is 2.09. The predicted molar refractivity (Wildman–Crippen MR) is 84.9 cm³/mol. The predicted octanol–water partition coefficient (Wildman–Crippen LogP) is 1.24. The molecule has 8 nitrogen and oxygen atoms in total. The number of aryl methyl sites for hydroxylation is 2. The summed E-state index contributed by atoms with van der Waals surface area (Å²) in [7, 11) is 0. The van der Waals surface area contributed by atoms with Crippen LogP contribution in [0.25, 0.3) is 0 Å². The first-order valence-electron chi connectivity index (χ1n) is 7.33. The molecule has 0 fully saturated rings. The van der Waals surface area contributed by atoms with Gasteiger partial charge in [0.05, 0.1) is 12.2 Å². The van der Waals surface area contributed by atoms with Crippen molar-refractivity contribution >= 4 is 11.9 Å². The van der Waals surface area contributed by atoms with Crippen molar-refractivity contribution in [3.63, 3.8) is 0 Å². The van der Waals surface area contributed by atoms with Crippen LogP contribution in [0.1, 0.15) is 40.6 Å². The number of nitrogens with two attached hydrogens (primary N) is 1. The first kappa shape index (κ1) is 16.6. The Hall–Kier alpha value is -2.77. The van der Waals surface area contributed by atoms with Crippen molar-refractivity contribution < 1.29 is 13.6 Å². The van der Waals surface area contributed by atoms with Gasteiger partial charge in [-0.3, -0.25) is 4.79 Å². The number of oxazole rings is 1. The van der Waals surface area contributed by atoms with Crippen LogP contribution in [-0.4, -0.2) is 23.4 Å². The molecule has 124 valence electrons. The fourth-order valence-electron chi connectivity index (χ4n) is 1.87. The van der Waals surface area contributed by atoms with Gasteiger partial charge < -0.3 is 25.2 Å². The van der Waals surface area contributed by atoms with Gasteiger partial charge in [-0.1, -0.05) is 0 Å². The fourth-order valence-corrected chi connectivity index (χ4v) is 1.87. The molecule has 0 aromatic carbocycles. The van der Waals surface area contributed by atoms with Crippen LogP contribution in [0, 0.1) is 13.8 Å². The van der Waals surface area contributed by atoms with E-state index in [4.69, 9.17) is 14.6 Å². The van der Waals surface area contributed by atoms with E-state index < -0.39 is 5.91 Å². The number of nitrogens with zero attached hydrogens (tertiary/aromatic N) is 2. The van der Waals surface area contributed by atoms with Crippen LogP contribution in [0.3, 0.4) is 0 Å². The van der Waals surface area contributed by atoms with E-state index in [2.05, 4.69) is 20.6 Å². The van der Waals surface area contributed by atoms with Crippen molar-refractivity contribution in [2.24, 2.45) is 10.7 Å². The minimum atomic E-state index is -0.597. The van der Waals surface area contributed by atoms with E-state index in [0.717, 1.165) is 11.5 Å². The normalized spacial score (nSPS) is 11.5. The number of rotatable bonds is 6. The fraction of sp³-hybridized carbons (Fsp3) is 0.400. The smallest absolute Gasteiger partial charge is 0.284 e. The van der Waals surface area contributed by atoms with Crippen LogP contribution in [0.2, 0.25) is 0 Å². The topological polar surface area (TPSA) is 119 Å². The lowest BCUT2D eigenvalue weighted by molar-refractivity contribution is 0.0972. The summed E-state index contributed by atoms with van der Waals surface area (Å²) < 4.78 is 10.8. The van der Waals surface area contributed by atoms with Gasteiger partial charge in [0.2, 0.25) is 5.89 Å². The van der Waals surface area contributed by atoms with E-state index in [1.807, 2.05) is 20.8 Å². The lowest BCUT2D eigenvalue weighted by atomic mass is 10.4. The summed E-state index contributed by atoms with van der Waals surface area (Å²) in [4.78, 5) is 19.7. The number of hydrogen-bond acceptors (Lipinski definition) is 5.